The van der Waals surface area contributed by atoms with Crippen molar-refractivity contribution in [3.05, 3.63) is 26.4 Å². The summed E-state index contributed by atoms with van der Waals surface area (Å²) in [6.45, 7) is 1.47. The summed E-state index contributed by atoms with van der Waals surface area (Å²) in [5.74, 6) is -2.45. The van der Waals surface area contributed by atoms with Crippen molar-refractivity contribution < 1.29 is 18.0 Å². The summed E-state index contributed by atoms with van der Waals surface area (Å²) >= 11 is 0. The topological polar surface area (TPSA) is 101 Å². The summed E-state index contributed by atoms with van der Waals surface area (Å²) in [6, 6.07) is 0. The number of carbonyl (C=O) groups excluding carboxylic acids is 1. The van der Waals surface area contributed by atoms with E-state index in [-0.39, 0.29) is 37.4 Å². The number of piperidine rings is 1. The Bertz CT molecular complexity index is 738. The molecule has 0 saturated carbocycles. The summed E-state index contributed by atoms with van der Waals surface area (Å²) in [4.78, 5) is 39.2. The lowest BCUT2D eigenvalue weighted by atomic mass is 9.97. The third-order valence-corrected chi connectivity index (χ3v) is 4.17. The lowest BCUT2D eigenvalue weighted by Gasteiger charge is -2.33. The smallest absolute Gasteiger partial charge is 0.384 e. The molecule has 0 radical (unpaired) electrons. The SMILES string of the molecule is CCn1c(N)c(C(=O)CN2CCC[C@@H](C(F)(F)F)C2)c(=O)[nH]c1=O. The van der Waals surface area contributed by atoms with E-state index in [1.807, 2.05) is 4.98 Å². The molecule has 1 atom stereocenters. The minimum atomic E-state index is -4.31. The normalized spacial score (nSPS) is 19.4. The highest BCUT2D eigenvalue weighted by molar-refractivity contribution is 6.01. The van der Waals surface area contributed by atoms with E-state index in [9.17, 15) is 27.6 Å². The van der Waals surface area contributed by atoms with Crippen molar-refractivity contribution in [3.8, 4) is 0 Å². The van der Waals surface area contributed by atoms with Crippen molar-refractivity contribution in [3.63, 3.8) is 0 Å². The minimum absolute atomic E-state index is 0.0254. The molecule has 1 aromatic heterocycles. The van der Waals surface area contributed by atoms with Crippen molar-refractivity contribution in [2.24, 2.45) is 5.92 Å². The van der Waals surface area contributed by atoms with Gasteiger partial charge in [-0.15, -0.1) is 0 Å². The van der Waals surface area contributed by atoms with E-state index >= 15 is 0 Å². The first kappa shape index (κ1) is 18.2. The van der Waals surface area contributed by atoms with E-state index in [4.69, 9.17) is 5.73 Å². The number of halogens is 3. The highest BCUT2D eigenvalue weighted by atomic mass is 19.4. The first-order valence-electron chi connectivity index (χ1n) is 7.60. The summed E-state index contributed by atoms with van der Waals surface area (Å²) in [6.07, 6.45) is -3.97. The molecule has 0 spiro atoms. The van der Waals surface area contributed by atoms with Gasteiger partial charge in [0.15, 0.2) is 5.78 Å². The molecule has 1 saturated heterocycles. The van der Waals surface area contributed by atoms with Gasteiger partial charge in [-0.2, -0.15) is 13.2 Å². The van der Waals surface area contributed by atoms with Crippen molar-refractivity contribution in [2.45, 2.75) is 32.5 Å². The monoisotopic (exact) mass is 348 g/mol. The number of nitrogen functional groups attached to an aromatic ring is 1. The lowest BCUT2D eigenvalue weighted by Crippen LogP contribution is -2.45. The van der Waals surface area contributed by atoms with E-state index in [0.29, 0.717) is 13.0 Å². The largest absolute Gasteiger partial charge is 0.393 e. The number of likely N-dealkylation sites (tertiary alicyclic amines) is 1. The molecule has 24 heavy (non-hydrogen) atoms. The van der Waals surface area contributed by atoms with E-state index in [1.165, 1.54) is 4.90 Å². The molecular weight excluding hydrogens is 329 g/mol. The number of carbonyl (C=O) groups is 1. The zero-order valence-corrected chi connectivity index (χ0v) is 13.2. The van der Waals surface area contributed by atoms with E-state index in [1.54, 1.807) is 6.92 Å². The van der Waals surface area contributed by atoms with Crippen molar-refractivity contribution in [1.82, 2.24) is 14.5 Å². The van der Waals surface area contributed by atoms with Crippen molar-refractivity contribution in [2.75, 3.05) is 25.4 Å². The number of alkyl halides is 3. The number of anilines is 1. The van der Waals surface area contributed by atoms with Crippen LogP contribution in [0.2, 0.25) is 0 Å². The van der Waals surface area contributed by atoms with Crippen LogP contribution in [0, 0.1) is 5.92 Å². The molecule has 0 amide bonds. The van der Waals surface area contributed by atoms with E-state index in [2.05, 4.69) is 0 Å². The lowest BCUT2D eigenvalue weighted by molar-refractivity contribution is -0.186. The number of nitrogens with two attached hydrogens (primary N) is 1. The van der Waals surface area contributed by atoms with Gasteiger partial charge >= 0.3 is 11.9 Å². The van der Waals surface area contributed by atoms with Gasteiger partial charge in [-0.3, -0.25) is 24.0 Å². The summed E-state index contributed by atoms with van der Waals surface area (Å²) in [7, 11) is 0. The van der Waals surface area contributed by atoms with E-state index < -0.39 is 29.1 Å². The maximum atomic E-state index is 12.8. The molecule has 0 bridgehead atoms. The van der Waals surface area contributed by atoms with Gasteiger partial charge in [0.2, 0.25) is 0 Å². The maximum absolute atomic E-state index is 12.8. The van der Waals surface area contributed by atoms with Gasteiger partial charge in [0.25, 0.3) is 5.56 Å². The van der Waals surface area contributed by atoms with Crippen molar-refractivity contribution >= 4 is 11.6 Å². The second-order valence-electron chi connectivity index (χ2n) is 5.80. The van der Waals surface area contributed by atoms with Gasteiger partial charge in [0.05, 0.1) is 12.5 Å². The second-order valence-corrected chi connectivity index (χ2v) is 5.80. The molecule has 1 fully saturated rings. The average molecular weight is 348 g/mol. The molecule has 1 aliphatic heterocycles. The van der Waals surface area contributed by atoms with Crippen LogP contribution in [0.15, 0.2) is 9.59 Å². The number of hydrogen-bond donors (Lipinski definition) is 2. The minimum Gasteiger partial charge on any atom is -0.384 e. The number of nitrogens with zero attached hydrogens (tertiary/aromatic N) is 2. The Morgan fingerprint density at radius 1 is 1.38 bits per heavy atom. The zero-order chi connectivity index (χ0) is 18.1. The van der Waals surface area contributed by atoms with Crippen LogP contribution in [-0.2, 0) is 6.54 Å². The fourth-order valence-electron chi connectivity index (χ4n) is 2.92. The number of ketones is 1. The third kappa shape index (κ3) is 3.69. The Balaban J connectivity index is 2.22. The molecule has 10 heteroatoms. The number of rotatable bonds is 4. The van der Waals surface area contributed by atoms with Crippen molar-refractivity contribution in [1.29, 1.82) is 0 Å². The molecule has 2 rings (SSSR count). The Hall–Kier alpha value is -2.10. The first-order valence-corrected chi connectivity index (χ1v) is 7.60. The predicted molar refractivity (Wildman–Crippen MR) is 81.0 cm³/mol. The maximum Gasteiger partial charge on any atom is 0.393 e. The standard InChI is InChI=1S/C14H19F3N4O3/c1-2-21-11(18)10(12(23)19-13(21)24)9(22)7-20-5-3-4-8(6-20)14(15,16)17/h8H,2-7,18H2,1H3,(H,19,23,24)/t8-/m1/s1. The molecule has 0 aliphatic carbocycles. The van der Waals surface area contributed by atoms with Gasteiger partial charge < -0.3 is 5.73 Å². The van der Waals surface area contributed by atoms with Crippen LogP contribution in [0.1, 0.15) is 30.1 Å². The Kier molecular flexibility index (Phi) is 5.16. The fourth-order valence-corrected chi connectivity index (χ4v) is 2.92. The van der Waals surface area contributed by atoms with Crippen LogP contribution < -0.4 is 17.0 Å². The summed E-state index contributed by atoms with van der Waals surface area (Å²) in [5, 5.41) is 0. The number of H-pyrrole nitrogens is 1. The Morgan fingerprint density at radius 2 is 2.04 bits per heavy atom. The highest BCUT2D eigenvalue weighted by Crippen LogP contribution is 2.33. The van der Waals surface area contributed by atoms with Gasteiger partial charge in [-0.1, -0.05) is 0 Å². The predicted octanol–water partition coefficient (Wildman–Crippen LogP) is 0.596. The van der Waals surface area contributed by atoms with Crippen LogP contribution in [0.3, 0.4) is 0 Å². The molecule has 7 nitrogen and oxygen atoms in total. The van der Waals surface area contributed by atoms with Gasteiger partial charge in [-0.05, 0) is 26.3 Å². The summed E-state index contributed by atoms with van der Waals surface area (Å²) < 4.78 is 39.5. The molecule has 0 unspecified atom stereocenters. The van der Waals surface area contributed by atoms with Gasteiger partial charge in [0, 0.05) is 13.1 Å². The number of aromatic nitrogens is 2. The molecule has 134 valence electrons. The number of nitrogens with one attached hydrogen (secondary N) is 1. The fraction of sp³-hybridized carbons (Fsp3) is 0.643. The summed E-state index contributed by atoms with van der Waals surface area (Å²) in [5.41, 5.74) is 3.69. The zero-order valence-electron chi connectivity index (χ0n) is 13.2. The molecule has 0 aromatic carbocycles. The van der Waals surface area contributed by atoms with Gasteiger partial charge in [-0.25, -0.2) is 4.79 Å². The van der Waals surface area contributed by atoms with Crippen LogP contribution in [0.25, 0.3) is 0 Å². The van der Waals surface area contributed by atoms with Crippen LogP contribution in [-0.4, -0.2) is 46.0 Å². The Morgan fingerprint density at radius 3 is 2.62 bits per heavy atom. The molecule has 3 N–H and O–H groups in total. The molecule has 2 heterocycles. The van der Waals surface area contributed by atoms with Gasteiger partial charge in [0.1, 0.15) is 11.4 Å². The quantitative estimate of drug-likeness (QED) is 0.776. The van der Waals surface area contributed by atoms with Crippen LogP contribution in [0.4, 0.5) is 19.0 Å². The average Bonchev–Trinajstić information content (AvgIpc) is 2.46. The second kappa shape index (κ2) is 6.80. The van der Waals surface area contributed by atoms with Crippen LogP contribution >= 0.6 is 0 Å². The number of hydrogen-bond acceptors (Lipinski definition) is 5. The third-order valence-electron chi connectivity index (χ3n) is 4.17. The number of Topliss-reactive ketones (excluding diaryl/α,β-unsaturated/α-hetero) is 1. The highest BCUT2D eigenvalue weighted by Gasteiger charge is 2.42. The molecular formula is C14H19F3N4O3. The van der Waals surface area contributed by atoms with E-state index in [0.717, 1.165) is 4.57 Å². The first-order chi connectivity index (χ1) is 11.1. The Labute approximate surface area is 135 Å². The molecule has 1 aromatic rings. The molecule has 1 aliphatic rings. The van der Waals surface area contributed by atoms with Crippen LogP contribution in [0.5, 0.6) is 0 Å². The number of aromatic amines is 1.